The summed E-state index contributed by atoms with van der Waals surface area (Å²) in [4.78, 5) is 27.3. The molecule has 0 atom stereocenters. The number of hydrogen-bond donors (Lipinski definition) is 5. The third-order valence-corrected chi connectivity index (χ3v) is 4.38. The zero-order chi connectivity index (χ0) is 20.9. The van der Waals surface area contributed by atoms with E-state index in [0.717, 1.165) is 11.9 Å². The van der Waals surface area contributed by atoms with Gasteiger partial charge in [-0.25, -0.2) is 0 Å². The first kappa shape index (κ1) is 21.1. The molecule has 6 N–H and O–H groups in total. The van der Waals surface area contributed by atoms with Crippen molar-refractivity contribution >= 4 is 35.2 Å². The summed E-state index contributed by atoms with van der Waals surface area (Å²) in [7, 11) is 0. The number of carbonyl (C=O) groups is 2. The second-order valence-electron chi connectivity index (χ2n) is 7.00. The normalized spacial score (nSPS) is 15.2. The van der Waals surface area contributed by atoms with Crippen LogP contribution in [0.1, 0.15) is 13.8 Å². The number of anilines is 2. The van der Waals surface area contributed by atoms with Gasteiger partial charge in [-0.1, -0.05) is 0 Å². The number of benzene rings is 1. The minimum Gasteiger partial charge on any atom is -0.381 e. The van der Waals surface area contributed by atoms with Gasteiger partial charge in [-0.15, -0.1) is 0 Å². The second kappa shape index (κ2) is 8.66. The van der Waals surface area contributed by atoms with E-state index in [9.17, 15) is 14.7 Å². The highest BCUT2D eigenvalue weighted by molar-refractivity contribution is 6.25. The molecule has 1 aromatic carbocycles. The molecule has 9 heteroatoms. The Balaban J connectivity index is 1.97. The third kappa shape index (κ3) is 5.17. The van der Waals surface area contributed by atoms with Crippen LogP contribution in [0.5, 0.6) is 0 Å². The fraction of sp³-hybridized carbons (Fsp3) is 0.368. The third-order valence-electron chi connectivity index (χ3n) is 4.38. The number of rotatable bonds is 6. The van der Waals surface area contributed by atoms with Gasteiger partial charge in [0.15, 0.2) is 0 Å². The molecular formula is C19H26N6O3. The molecule has 150 valence electrons. The molecule has 1 aromatic rings. The lowest BCUT2D eigenvalue weighted by Gasteiger charge is -2.38. The Morgan fingerprint density at radius 2 is 1.75 bits per heavy atom. The molecule has 0 radical (unpaired) electrons. The number of nitrogens with two attached hydrogens (primary N) is 1. The summed E-state index contributed by atoms with van der Waals surface area (Å²) in [5, 5.41) is 27.6. The quantitative estimate of drug-likeness (QED) is 0.275. The lowest BCUT2D eigenvalue weighted by atomic mass is 10.1. The Labute approximate surface area is 163 Å². The number of allylic oxidation sites excluding steroid dienone is 1. The molecule has 0 aliphatic carbocycles. The van der Waals surface area contributed by atoms with Crippen molar-refractivity contribution in [2.45, 2.75) is 19.4 Å². The van der Waals surface area contributed by atoms with Gasteiger partial charge in [0.25, 0.3) is 11.8 Å². The van der Waals surface area contributed by atoms with E-state index in [1.807, 2.05) is 12.1 Å². The lowest BCUT2D eigenvalue weighted by molar-refractivity contribution is -0.148. The molecule has 0 aromatic heterocycles. The monoisotopic (exact) mass is 386 g/mol. The van der Waals surface area contributed by atoms with Crippen molar-refractivity contribution in [2.75, 3.05) is 36.4 Å². The van der Waals surface area contributed by atoms with Crippen molar-refractivity contribution in [1.29, 1.82) is 10.8 Å². The maximum Gasteiger partial charge on any atom is 0.254 e. The van der Waals surface area contributed by atoms with Crippen molar-refractivity contribution in [1.82, 2.24) is 4.90 Å². The predicted octanol–water partition coefficient (Wildman–Crippen LogP) is 0.557. The van der Waals surface area contributed by atoms with Crippen LogP contribution < -0.4 is 16.0 Å². The average molecular weight is 386 g/mol. The summed E-state index contributed by atoms with van der Waals surface area (Å²) in [5.41, 5.74) is 5.36. The van der Waals surface area contributed by atoms with Gasteiger partial charge in [0.05, 0.1) is 5.57 Å². The zero-order valence-electron chi connectivity index (χ0n) is 16.0. The zero-order valence-corrected chi connectivity index (χ0v) is 16.0. The number of amidine groups is 1. The van der Waals surface area contributed by atoms with E-state index in [-0.39, 0.29) is 17.3 Å². The molecule has 28 heavy (non-hydrogen) atoms. The molecule has 0 saturated carbocycles. The predicted molar refractivity (Wildman–Crippen MR) is 109 cm³/mol. The number of amides is 2. The van der Waals surface area contributed by atoms with Crippen molar-refractivity contribution in [3.05, 3.63) is 35.9 Å². The number of aliphatic hydroxyl groups is 1. The number of carbonyl (C=O) groups excluding carboxylic acids is 2. The first-order valence-corrected chi connectivity index (χ1v) is 8.86. The molecule has 1 aliphatic rings. The van der Waals surface area contributed by atoms with E-state index in [0.29, 0.717) is 31.9 Å². The molecular weight excluding hydrogens is 360 g/mol. The highest BCUT2D eigenvalue weighted by Crippen LogP contribution is 2.21. The molecule has 9 nitrogen and oxygen atoms in total. The molecule has 0 spiro atoms. The first-order chi connectivity index (χ1) is 13.1. The van der Waals surface area contributed by atoms with E-state index in [1.54, 1.807) is 17.0 Å². The maximum atomic E-state index is 12.1. The van der Waals surface area contributed by atoms with Gasteiger partial charge in [0.1, 0.15) is 11.4 Å². The fourth-order valence-corrected chi connectivity index (χ4v) is 2.89. The van der Waals surface area contributed by atoms with Gasteiger partial charge in [0, 0.05) is 43.8 Å². The lowest BCUT2D eigenvalue weighted by Crippen LogP contribution is -2.54. The Hall–Kier alpha value is -3.20. The summed E-state index contributed by atoms with van der Waals surface area (Å²) < 4.78 is 0. The van der Waals surface area contributed by atoms with Gasteiger partial charge >= 0.3 is 0 Å². The van der Waals surface area contributed by atoms with E-state index < -0.39 is 11.5 Å². The molecule has 0 unspecified atom stereocenters. The minimum atomic E-state index is -1.37. The van der Waals surface area contributed by atoms with Crippen molar-refractivity contribution in [3.63, 3.8) is 0 Å². The number of hydrogen-bond acceptors (Lipinski definition) is 6. The largest absolute Gasteiger partial charge is 0.381 e. The van der Waals surface area contributed by atoms with Gasteiger partial charge < -0.3 is 31.4 Å². The highest BCUT2D eigenvalue weighted by Gasteiger charge is 2.31. The number of nitrogens with one attached hydrogen (secondary N) is 3. The summed E-state index contributed by atoms with van der Waals surface area (Å²) in [6.07, 6.45) is 2.07. The summed E-state index contributed by atoms with van der Waals surface area (Å²) >= 11 is 0. The van der Waals surface area contributed by atoms with Crippen LogP contribution in [-0.4, -0.2) is 65.7 Å². The van der Waals surface area contributed by atoms with Crippen LogP contribution in [0.25, 0.3) is 0 Å². The van der Waals surface area contributed by atoms with E-state index in [2.05, 4.69) is 10.2 Å². The SMILES string of the molecule is CC(C)(O)C(=O)N1CCN(c2ccc(NC(=N)/C(=C/C=N)C(N)=O)cc2)CC1. The second-order valence-corrected chi connectivity index (χ2v) is 7.00. The van der Waals surface area contributed by atoms with Gasteiger partial charge in [-0.3, -0.25) is 15.0 Å². The molecule has 1 aliphatic heterocycles. The van der Waals surface area contributed by atoms with Gasteiger partial charge in [0.2, 0.25) is 0 Å². The van der Waals surface area contributed by atoms with Gasteiger partial charge in [-0.2, -0.15) is 0 Å². The topological polar surface area (TPSA) is 147 Å². The Morgan fingerprint density at radius 1 is 1.18 bits per heavy atom. The van der Waals surface area contributed by atoms with Gasteiger partial charge in [-0.05, 0) is 44.2 Å². The molecule has 0 bridgehead atoms. The van der Waals surface area contributed by atoms with Crippen molar-refractivity contribution in [2.24, 2.45) is 5.73 Å². The molecule has 2 rings (SSSR count). The van der Waals surface area contributed by atoms with Crippen LogP contribution in [0, 0.1) is 10.8 Å². The van der Waals surface area contributed by atoms with E-state index >= 15 is 0 Å². The number of piperazine rings is 1. The molecule has 2 amide bonds. The van der Waals surface area contributed by atoms with Crippen LogP contribution in [0.15, 0.2) is 35.9 Å². The van der Waals surface area contributed by atoms with Crippen LogP contribution >= 0.6 is 0 Å². The van der Waals surface area contributed by atoms with Crippen molar-refractivity contribution in [3.8, 4) is 0 Å². The standard InChI is InChI=1S/C19H26N6O3/c1-19(2,28)18(27)25-11-9-24(10-12-25)14-5-3-13(4-6-14)23-16(21)15(7-8-20)17(22)26/h3-8,20,28H,9-12H2,1-2H3,(H2,21,23)(H2,22,26)/b15-7-,20-8?. The number of nitrogens with zero attached hydrogens (tertiary/aromatic N) is 2. The number of primary amides is 1. The smallest absolute Gasteiger partial charge is 0.254 e. The Morgan fingerprint density at radius 3 is 2.21 bits per heavy atom. The molecule has 1 saturated heterocycles. The summed E-state index contributed by atoms with van der Waals surface area (Å²) in [5.74, 6) is -1.23. The summed E-state index contributed by atoms with van der Waals surface area (Å²) in [6, 6.07) is 7.32. The molecule has 1 fully saturated rings. The first-order valence-electron chi connectivity index (χ1n) is 8.86. The van der Waals surface area contributed by atoms with Crippen LogP contribution in [-0.2, 0) is 9.59 Å². The Bertz CT molecular complexity index is 787. The van der Waals surface area contributed by atoms with E-state index in [4.69, 9.17) is 16.6 Å². The van der Waals surface area contributed by atoms with Crippen LogP contribution in [0.3, 0.4) is 0 Å². The fourth-order valence-electron chi connectivity index (χ4n) is 2.89. The van der Waals surface area contributed by atoms with Crippen LogP contribution in [0.2, 0.25) is 0 Å². The van der Waals surface area contributed by atoms with Crippen LogP contribution in [0.4, 0.5) is 11.4 Å². The molecule has 1 heterocycles. The van der Waals surface area contributed by atoms with E-state index in [1.165, 1.54) is 19.9 Å². The maximum absolute atomic E-state index is 12.1. The van der Waals surface area contributed by atoms with Crippen molar-refractivity contribution < 1.29 is 14.7 Å². The minimum absolute atomic E-state index is 0.0772. The summed E-state index contributed by atoms with van der Waals surface area (Å²) in [6.45, 7) is 5.35. The average Bonchev–Trinajstić information content (AvgIpc) is 2.65. The highest BCUT2D eigenvalue weighted by atomic mass is 16.3. The Kier molecular flexibility index (Phi) is 6.53.